The molecule has 1 aliphatic rings. The van der Waals surface area contributed by atoms with E-state index in [4.69, 9.17) is 0 Å². The molecule has 0 bridgehead atoms. The first-order valence-corrected chi connectivity index (χ1v) is 10.5. The molecule has 0 saturated heterocycles. The molecule has 0 unspecified atom stereocenters. The summed E-state index contributed by atoms with van der Waals surface area (Å²) in [4.78, 5) is 24.5. The number of carbonyl (C=O) groups excluding carboxylic acids is 1. The first kappa shape index (κ1) is 23.3. The number of hydrogen-bond donors (Lipinski definition) is 2. The van der Waals surface area contributed by atoms with Crippen LogP contribution in [0.15, 0.2) is 47.1 Å². The molecule has 6 heteroatoms. The summed E-state index contributed by atoms with van der Waals surface area (Å²) < 4.78 is 0. The van der Waals surface area contributed by atoms with E-state index in [1.54, 1.807) is 25.1 Å². The third-order valence-corrected chi connectivity index (χ3v) is 5.46. The van der Waals surface area contributed by atoms with Gasteiger partial charge in [-0.3, -0.25) is 4.79 Å². The third-order valence-electron chi connectivity index (χ3n) is 5.46. The van der Waals surface area contributed by atoms with Crippen molar-refractivity contribution in [3.63, 3.8) is 0 Å². The van der Waals surface area contributed by atoms with Gasteiger partial charge < -0.3 is 10.2 Å². The fourth-order valence-corrected chi connectivity index (χ4v) is 3.68. The third kappa shape index (κ3) is 4.44. The molecule has 0 saturated carbocycles. The van der Waals surface area contributed by atoms with Crippen molar-refractivity contribution >= 4 is 29.4 Å². The number of hydrogen-bond acceptors (Lipinski definition) is 4. The molecule has 0 atom stereocenters. The number of amides is 1. The molecule has 2 aromatic carbocycles. The van der Waals surface area contributed by atoms with E-state index < -0.39 is 5.97 Å². The summed E-state index contributed by atoms with van der Waals surface area (Å²) in [6.45, 7) is 14.0. The average Bonchev–Trinajstić information content (AvgIpc) is 2.95. The van der Waals surface area contributed by atoms with Gasteiger partial charge in [-0.1, -0.05) is 47.6 Å². The minimum Gasteiger partial charge on any atom is -0.507 e. The predicted molar refractivity (Wildman–Crippen MR) is 127 cm³/mol. The molecule has 1 heterocycles. The van der Waals surface area contributed by atoms with Crippen molar-refractivity contribution in [1.29, 1.82) is 0 Å². The fourth-order valence-electron chi connectivity index (χ4n) is 3.68. The lowest BCUT2D eigenvalue weighted by atomic mass is 9.78. The average molecular weight is 435 g/mol. The predicted octanol–water partition coefficient (Wildman–Crippen LogP) is 5.49. The summed E-state index contributed by atoms with van der Waals surface area (Å²) in [5.41, 5.74) is 3.30. The molecule has 2 aromatic rings. The van der Waals surface area contributed by atoms with Crippen LogP contribution in [-0.4, -0.2) is 27.8 Å². The number of aromatic carboxylic acids is 1. The molecule has 1 aliphatic heterocycles. The van der Waals surface area contributed by atoms with Crippen molar-refractivity contribution in [2.24, 2.45) is 5.10 Å². The van der Waals surface area contributed by atoms with Crippen LogP contribution in [0.3, 0.4) is 0 Å². The van der Waals surface area contributed by atoms with E-state index in [0.717, 1.165) is 16.7 Å². The van der Waals surface area contributed by atoms with Crippen LogP contribution in [0.5, 0.6) is 5.75 Å². The largest absolute Gasteiger partial charge is 0.507 e. The van der Waals surface area contributed by atoms with E-state index in [0.29, 0.717) is 17.0 Å². The Kier molecular flexibility index (Phi) is 5.77. The Balaban J connectivity index is 2.09. The van der Waals surface area contributed by atoms with E-state index in [1.807, 2.05) is 53.7 Å². The molecule has 0 radical (unpaired) electrons. The van der Waals surface area contributed by atoms with E-state index in [9.17, 15) is 19.8 Å². The molecule has 0 aliphatic carbocycles. The van der Waals surface area contributed by atoms with Gasteiger partial charge in [-0.25, -0.2) is 4.79 Å². The van der Waals surface area contributed by atoms with Crippen LogP contribution in [0, 0.1) is 0 Å². The Bertz CT molecular complexity index is 1130. The number of carboxylic acids is 1. The van der Waals surface area contributed by atoms with Gasteiger partial charge in [-0.15, -0.1) is 0 Å². The van der Waals surface area contributed by atoms with Crippen LogP contribution in [0.2, 0.25) is 0 Å². The van der Waals surface area contributed by atoms with E-state index in [2.05, 4.69) is 5.10 Å². The van der Waals surface area contributed by atoms with Gasteiger partial charge in [0, 0.05) is 11.1 Å². The highest BCUT2D eigenvalue weighted by Gasteiger charge is 2.30. The zero-order valence-corrected chi connectivity index (χ0v) is 19.6. The van der Waals surface area contributed by atoms with Crippen LogP contribution in [0.1, 0.15) is 75.5 Å². The summed E-state index contributed by atoms with van der Waals surface area (Å²) in [5.74, 6) is -1.11. The molecular formula is C26H30N2O4. The van der Waals surface area contributed by atoms with Crippen LogP contribution >= 0.6 is 0 Å². The summed E-state index contributed by atoms with van der Waals surface area (Å²) in [6.07, 6.45) is 1.78. The van der Waals surface area contributed by atoms with Gasteiger partial charge >= 0.3 is 5.97 Å². The normalized spacial score (nSPS) is 16.0. The Hall–Kier alpha value is -3.41. The maximum Gasteiger partial charge on any atom is 0.335 e. The van der Waals surface area contributed by atoms with Gasteiger partial charge in [0.1, 0.15) is 5.75 Å². The van der Waals surface area contributed by atoms with Crippen molar-refractivity contribution in [2.75, 3.05) is 5.01 Å². The second kappa shape index (κ2) is 7.93. The second-order valence-corrected chi connectivity index (χ2v) is 10.2. The molecular weight excluding hydrogens is 404 g/mol. The Morgan fingerprint density at radius 2 is 1.56 bits per heavy atom. The van der Waals surface area contributed by atoms with E-state index >= 15 is 0 Å². The quantitative estimate of drug-likeness (QED) is 0.625. The molecule has 0 fully saturated rings. The summed E-state index contributed by atoms with van der Waals surface area (Å²) >= 11 is 0. The molecule has 168 valence electrons. The molecule has 1 amide bonds. The fraction of sp³-hybridized carbons (Fsp3) is 0.346. The van der Waals surface area contributed by atoms with Crippen molar-refractivity contribution < 1.29 is 19.8 Å². The van der Waals surface area contributed by atoms with Gasteiger partial charge in [-0.05, 0) is 59.7 Å². The molecule has 3 rings (SSSR count). The lowest BCUT2D eigenvalue weighted by Gasteiger charge is -2.28. The molecule has 0 aromatic heterocycles. The zero-order valence-electron chi connectivity index (χ0n) is 19.6. The first-order chi connectivity index (χ1) is 14.7. The maximum atomic E-state index is 13.2. The Morgan fingerprint density at radius 1 is 1.00 bits per heavy atom. The SMILES string of the molecule is CC1=NN(c2cccc(C(=O)O)c2)C(=O)/C1=C/c1cc(C(C)(C)C)c(O)c(C(C)(C)C)c1. The highest BCUT2D eigenvalue weighted by Crippen LogP contribution is 2.40. The monoisotopic (exact) mass is 434 g/mol. The molecule has 32 heavy (non-hydrogen) atoms. The minimum atomic E-state index is -1.07. The van der Waals surface area contributed by atoms with Gasteiger partial charge in [0.15, 0.2) is 0 Å². The number of carboxylic acid groups (broad SMARTS) is 1. The molecule has 6 nitrogen and oxygen atoms in total. The lowest BCUT2D eigenvalue weighted by Crippen LogP contribution is -2.21. The van der Waals surface area contributed by atoms with Gasteiger partial charge in [-0.2, -0.15) is 10.1 Å². The van der Waals surface area contributed by atoms with Crippen molar-refractivity contribution in [1.82, 2.24) is 0 Å². The van der Waals surface area contributed by atoms with Crippen LogP contribution in [0.4, 0.5) is 5.69 Å². The van der Waals surface area contributed by atoms with Crippen LogP contribution in [-0.2, 0) is 15.6 Å². The van der Waals surface area contributed by atoms with Crippen molar-refractivity contribution in [2.45, 2.75) is 59.3 Å². The number of nitrogens with zero attached hydrogens (tertiary/aromatic N) is 2. The summed E-state index contributed by atoms with van der Waals surface area (Å²) in [6, 6.07) is 9.95. The maximum absolute atomic E-state index is 13.2. The number of phenolic OH excluding ortho intramolecular Hbond substituents is 1. The van der Waals surface area contributed by atoms with Crippen LogP contribution in [0.25, 0.3) is 6.08 Å². The number of phenols is 1. The minimum absolute atomic E-state index is 0.0868. The summed E-state index contributed by atoms with van der Waals surface area (Å²) in [5, 5.41) is 25.8. The van der Waals surface area contributed by atoms with E-state index in [-0.39, 0.29) is 28.1 Å². The Labute approximate surface area is 188 Å². The van der Waals surface area contributed by atoms with Gasteiger partial charge in [0.2, 0.25) is 0 Å². The van der Waals surface area contributed by atoms with E-state index in [1.165, 1.54) is 17.1 Å². The number of hydrazone groups is 1. The molecule has 0 spiro atoms. The van der Waals surface area contributed by atoms with Crippen LogP contribution < -0.4 is 5.01 Å². The highest BCUT2D eigenvalue weighted by molar-refractivity contribution is 6.32. The Morgan fingerprint density at radius 3 is 2.06 bits per heavy atom. The van der Waals surface area contributed by atoms with Crippen molar-refractivity contribution in [3.8, 4) is 5.75 Å². The number of rotatable bonds is 3. The number of aromatic hydroxyl groups is 1. The topological polar surface area (TPSA) is 90.2 Å². The lowest BCUT2D eigenvalue weighted by molar-refractivity contribution is -0.114. The number of anilines is 1. The second-order valence-electron chi connectivity index (χ2n) is 10.2. The van der Waals surface area contributed by atoms with Crippen molar-refractivity contribution in [3.05, 3.63) is 64.2 Å². The smallest absolute Gasteiger partial charge is 0.335 e. The standard InChI is InChI=1S/C26H30N2O4/c1-15-19(23(30)28(27-15)18-10-8-9-17(14-18)24(31)32)11-16-12-20(25(2,3)4)22(29)21(13-16)26(5,6)7/h8-14,29H,1-7H3,(H,31,32)/b19-11+. The first-order valence-electron chi connectivity index (χ1n) is 10.5. The summed E-state index contributed by atoms with van der Waals surface area (Å²) in [7, 11) is 0. The number of benzene rings is 2. The van der Waals surface area contributed by atoms with Gasteiger partial charge in [0.25, 0.3) is 5.91 Å². The molecule has 2 N–H and O–H groups in total. The van der Waals surface area contributed by atoms with Gasteiger partial charge in [0.05, 0.1) is 22.5 Å². The highest BCUT2D eigenvalue weighted by atomic mass is 16.4. The zero-order chi connectivity index (χ0) is 24.0. The number of carbonyl (C=O) groups is 2.